The van der Waals surface area contributed by atoms with Crippen LogP contribution in [0.3, 0.4) is 0 Å². The Balaban J connectivity index is 0.00000576. The van der Waals surface area contributed by atoms with E-state index in [0.29, 0.717) is 5.92 Å². The molecule has 0 N–H and O–H groups in total. The van der Waals surface area contributed by atoms with Crippen molar-refractivity contribution in [1.82, 2.24) is 0 Å². The van der Waals surface area contributed by atoms with Crippen LogP contribution in [-0.4, -0.2) is 0 Å². The monoisotopic (exact) mass is 364 g/mol. The molecule has 25 heavy (non-hydrogen) atoms. The van der Waals surface area contributed by atoms with E-state index in [2.05, 4.69) is 45.0 Å². The lowest BCUT2D eigenvalue weighted by molar-refractivity contribution is 0.539. The Morgan fingerprint density at radius 2 is 1.08 bits per heavy atom. The Morgan fingerprint density at radius 3 is 1.56 bits per heavy atom. The van der Waals surface area contributed by atoms with Crippen molar-refractivity contribution < 1.29 is 0 Å². The molecule has 0 fully saturated rings. The molecule has 0 heterocycles. The highest BCUT2D eigenvalue weighted by atomic mass is 32.1. The van der Waals surface area contributed by atoms with Crippen LogP contribution >= 0.6 is 13.5 Å². The third-order valence-electron chi connectivity index (χ3n) is 5.23. The predicted octanol–water partition coefficient (Wildman–Crippen LogP) is 8.56. The topological polar surface area (TPSA) is 0 Å². The molecule has 1 aromatic rings. The van der Waals surface area contributed by atoms with Gasteiger partial charge in [0.1, 0.15) is 0 Å². The van der Waals surface area contributed by atoms with Gasteiger partial charge in [-0.3, -0.25) is 0 Å². The third kappa shape index (κ3) is 12.5. The number of aryl methyl sites for hydroxylation is 1. The molecule has 0 spiro atoms. The maximum Gasteiger partial charge on any atom is -0.0216 e. The molecule has 0 saturated heterocycles. The third-order valence-corrected chi connectivity index (χ3v) is 5.23. The molecule has 0 aromatic heterocycles. The molecule has 1 rings (SSSR count). The van der Waals surface area contributed by atoms with E-state index in [1.807, 2.05) is 0 Å². The molecule has 0 aliphatic rings. The Kier molecular flexibility index (Phi) is 16.7. The average Bonchev–Trinajstić information content (AvgIpc) is 2.59. The van der Waals surface area contributed by atoms with Crippen molar-refractivity contribution >= 4 is 13.5 Å². The number of benzene rings is 1. The highest BCUT2D eigenvalue weighted by molar-refractivity contribution is 7.59. The van der Waals surface area contributed by atoms with Crippen molar-refractivity contribution in [3.05, 3.63) is 35.4 Å². The first-order valence-electron chi connectivity index (χ1n) is 10.8. The van der Waals surface area contributed by atoms with Crippen molar-refractivity contribution in [2.45, 2.75) is 117 Å². The minimum atomic E-state index is 0. The summed E-state index contributed by atoms with van der Waals surface area (Å²) in [5.74, 6) is 0.656. The van der Waals surface area contributed by atoms with Gasteiger partial charge in [0.15, 0.2) is 0 Å². The minimum absolute atomic E-state index is 0. The Bertz CT molecular complexity index is 397. The number of hydrogen-bond acceptors (Lipinski definition) is 0. The molecule has 0 aliphatic heterocycles. The molecule has 0 radical (unpaired) electrons. The van der Waals surface area contributed by atoms with Crippen LogP contribution in [0.1, 0.15) is 121 Å². The SMILES string of the molecule is CCCCCCCCCCCCCCCc1ccccc1C(C)C.S. The number of hydrogen-bond donors (Lipinski definition) is 0. The van der Waals surface area contributed by atoms with Gasteiger partial charge in [0, 0.05) is 0 Å². The molecule has 146 valence electrons. The largest absolute Gasteiger partial charge is 0.197 e. The second-order valence-corrected chi connectivity index (χ2v) is 7.85. The standard InChI is InChI=1S/C24H42.H2S/c1-4-5-6-7-8-9-10-11-12-13-14-15-16-19-23-20-17-18-21-24(23)22(2)3;/h17-18,20-22H,4-16,19H2,1-3H3;1H2. The molecule has 0 bridgehead atoms. The molecular weight excluding hydrogens is 320 g/mol. The summed E-state index contributed by atoms with van der Waals surface area (Å²) in [7, 11) is 0. The lowest BCUT2D eigenvalue weighted by Gasteiger charge is -2.12. The molecule has 0 amide bonds. The maximum atomic E-state index is 2.33. The molecule has 0 saturated carbocycles. The number of rotatable bonds is 15. The quantitative estimate of drug-likeness (QED) is 0.273. The normalized spacial score (nSPS) is 10.9. The zero-order valence-electron chi connectivity index (χ0n) is 17.3. The van der Waals surface area contributed by atoms with Gasteiger partial charge in [-0.25, -0.2) is 0 Å². The highest BCUT2D eigenvalue weighted by Gasteiger charge is 2.05. The summed E-state index contributed by atoms with van der Waals surface area (Å²) in [6.07, 6.45) is 20.0. The molecule has 1 aromatic carbocycles. The molecule has 0 aliphatic carbocycles. The number of unbranched alkanes of at least 4 members (excludes halogenated alkanes) is 12. The Labute approximate surface area is 165 Å². The van der Waals surface area contributed by atoms with Crippen molar-refractivity contribution in [2.75, 3.05) is 0 Å². The van der Waals surface area contributed by atoms with Gasteiger partial charge in [-0.05, 0) is 29.9 Å². The van der Waals surface area contributed by atoms with E-state index in [0.717, 1.165) is 0 Å². The predicted molar refractivity (Wildman–Crippen MR) is 120 cm³/mol. The van der Waals surface area contributed by atoms with Crippen molar-refractivity contribution in [1.29, 1.82) is 0 Å². The fourth-order valence-corrected chi connectivity index (χ4v) is 3.66. The Morgan fingerprint density at radius 1 is 0.640 bits per heavy atom. The summed E-state index contributed by atoms with van der Waals surface area (Å²) in [4.78, 5) is 0. The van der Waals surface area contributed by atoms with E-state index in [1.54, 1.807) is 11.1 Å². The van der Waals surface area contributed by atoms with Crippen molar-refractivity contribution in [3.8, 4) is 0 Å². The smallest absolute Gasteiger partial charge is 0.0216 e. The summed E-state index contributed by atoms with van der Waals surface area (Å²) in [6, 6.07) is 9.02. The van der Waals surface area contributed by atoms with Crippen LogP contribution in [0.4, 0.5) is 0 Å². The van der Waals surface area contributed by atoms with Crippen LogP contribution in [0.2, 0.25) is 0 Å². The van der Waals surface area contributed by atoms with E-state index < -0.39 is 0 Å². The molecule has 1 heteroatoms. The first-order chi connectivity index (χ1) is 11.8. The minimum Gasteiger partial charge on any atom is -0.197 e. The van der Waals surface area contributed by atoms with Gasteiger partial charge >= 0.3 is 0 Å². The highest BCUT2D eigenvalue weighted by Crippen LogP contribution is 2.21. The fraction of sp³-hybridized carbons (Fsp3) is 0.750. The van der Waals surface area contributed by atoms with Crippen molar-refractivity contribution in [2.24, 2.45) is 0 Å². The molecule has 0 unspecified atom stereocenters. The summed E-state index contributed by atoms with van der Waals surface area (Å²) in [5, 5.41) is 0. The summed E-state index contributed by atoms with van der Waals surface area (Å²) in [6.45, 7) is 6.91. The van der Waals surface area contributed by atoms with Crippen LogP contribution < -0.4 is 0 Å². The second kappa shape index (κ2) is 17.0. The van der Waals surface area contributed by atoms with E-state index in [9.17, 15) is 0 Å². The van der Waals surface area contributed by atoms with Gasteiger partial charge in [-0.15, -0.1) is 0 Å². The van der Waals surface area contributed by atoms with Crippen LogP contribution in [-0.2, 0) is 6.42 Å². The van der Waals surface area contributed by atoms with Crippen molar-refractivity contribution in [3.63, 3.8) is 0 Å². The van der Waals surface area contributed by atoms with Crippen LogP contribution in [0.5, 0.6) is 0 Å². The first kappa shape index (κ1) is 24.6. The van der Waals surface area contributed by atoms with Gasteiger partial charge in [-0.2, -0.15) is 13.5 Å². The van der Waals surface area contributed by atoms with Gasteiger partial charge < -0.3 is 0 Å². The zero-order chi connectivity index (χ0) is 17.5. The van der Waals surface area contributed by atoms with E-state index >= 15 is 0 Å². The molecule has 0 atom stereocenters. The zero-order valence-corrected chi connectivity index (χ0v) is 18.3. The van der Waals surface area contributed by atoms with E-state index in [4.69, 9.17) is 0 Å². The maximum absolute atomic E-state index is 2.33. The lowest BCUT2D eigenvalue weighted by Crippen LogP contribution is -1.96. The van der Waals surface area contributed by atoms with Gasteiger partial charge in [-0.1, -0.05) is 122 Å². The van der Waals surface area contributed by atoms with Crippen LogP contribution in [0, 0.1) is 0 Å². The molecule has 0 nitrogen and oxygen atoms in total. The second-order valence-electron chi connectivity index (χ2n) is 7.85. The van der Waals surface area contributed by atoms with E-state index in [1.165, 1.54) is 89.9 Å². The van der Waals surface area contributed by atoms with Crippen LogP contribution in [0.15, 0.2) is 24.3 Å². The Hall–Kier alpha value is -0.430. The fourth-order valence-electron chi connectivity index (χ4n) is 3.66. The van der Waals surface area contributed by atoms with Gasteiger partial charge in [0.2, 0.25) is 0 Å². The average molecular weight is 365 g/mol. The van der Waals surface area contributed by atoms with Crippen LogP contribution in [0.25, 0.3) is 0 Å². The summed E-state index contributed by atoms with van der Waals surface area (Å²) >= 11 is 0. The summed E-state index contributed by atoms with van der Waals surface area (Å²) in [5.41, 5.74) is 3.13. The van der Waals surface area contributed by atoms with Gasteiger partial charge in [0.05, 0.1) is 0 Å². The molecular formula is C24H44S. The van der Waals surface area contributed by atoms with E-state index in [-0.39, 0.29) is 13.5 Å². The lowest BCUT2D eigenvalue weighted by atomic mass is 9.93. The first-order valence-corrected chi connectivity index (χ1v) is 10.8. The van der Waals surface area contributed by atoms with Gasteiger partial charge in [0.25, 0.3) is 0 Å². The summed E-state index contributed by atoms with van der Waals surface area (Å²) < 4.78 is 0.